The van der Waals surface area contributed by atoms with Gasteiger partial charge in [0.05, 0.1) is 6.20 Å². The Morgan fingerprint density at radius 1 is 1.58 bits per heavy atom. The first-order valence-electron chi connectivity index (χ1n) is 6.42. The molecule has 0 aromatic carbocycles. The van der Waals surface area contributed by atoms with Gasteiger partial charge in [0.25, 0.3) is 5.56 Å². The van der Waals surface area contributed by atoms with Crippen molar-refractivity contribution in [2.24, 2.45) is 16.4 Å². The van der Waals surface area contributed by atoms with Gasteiger partial charge in [-0.05, 0) is 30.6 Å². The molecule has 0 bridgehead atoms. The predicted molar refractivity (Wildman–Crippen MR) is 77.7 cm³/mol. The molecule has 0 aliphatic heterocycles. The Morgan fingerprint density at radius 2 is 2.32 bits per heavy atom. The first-order chi connectivity index (χ1) is 8.87. The van der Waals surface area contributed by atoms with Gasteiger partial charge < -0.3 is 0 Å². The van der Waals surface area contributed by atoms with Gasteiger partial charge in [0, 0.05) is 5.71 Å². The summed E-state index contributed by atoms with van der Waals surface area (Å²) in [5.74, 6) is 0.622. The predicted octanol–water partition coefficient (Wildman–Crippen LogP) is 3.04. The van der Waals surface area contributed by atoms with E-state index in [1.54, 1.807) is 0 Å². The normalized spacial score (nSPS) is 24.4. The Labute approximate surface area is 117 Å². The summed E-state index contributed by atoms with van der Waals surface area (Å²) in [5, 5.41) is 10.4. The van der Waals surface area contributed by atoms with E-state index in [2.05, 4.69) is 41.5 Å². The number of hydrogen-bond donors (Lipinski definition) is 2. The first kappa shape index (κ1) is 14.1. The summed E-state index contributed by atoms with van der Waals surface area (Å²) < 4.78 is 0. The number of rotatable bonds is 2. The van der Waals surface area contributed by atoms with E-state index in [9.17, 15) is 4.79 Å². The number of hydrogen-bond acceptors (Lipinski definition) is 4. The van der Waals surface area contributed by atoms with E-state index >= 15 is 0 Å². The van der Waals surface area contributed by atoms with E-state index < -0.39 is 5.56 Å². The maximum absolute atomic E-state index is 11.3. The molecule has 5 nitrogen and oxygen atoms in total. The molecule has 1 atom stereocenters. The van der Waals surface area contributed by atoms with Crippen molar-refractivity contribution < 1.29 is 0 Å². The summed E-state index contributed by atoms with van der Waals surface area (Å²) in [6.07, 6.45) is 4.60. The summed E-state index contributed by atoms with van der Waals surface area (Å²) in [6.45, 7) is 6.73. The maximum atomic E-state index is 11.3. The number of nitrogens with one attached hydrogen (secondary N) is 2. The smallest absolute Gasteiger partial charge is 0.275 e. The molecule has 0 spiro atoms. The zero-order chi connectivity index (χ0) is 14.0. The highest BCUT2D eigenvalue weighted by molar-refractivity contribution is 6.32. The van der Waals surface area contributed by atoms with Gasteiger partial charge in [0.2, 0.25) is 0 Å². The molecule has 1 aromatic heterocycles. The minimum absolute atomic E-state index is 0.0856. The molecule has 1 aromatic rings. The lowest BCUT2D eigenvalue weighted by molar-refractivity contribution is 0.266. The standard InChI is InChI=1S/C13H19ClN4O/c1-8-4-9(6-13(2,3)5-8)16-17-10-7-15-18-12(19)11(10)14/h7-8H,4-6H2,1-3H3,(H2,17,18,19)/b16-9-/t8-/m1/s1. The summed E-state index contributed by atoms with van der Waals surface area (Å²) in [4.78, 5) is 11.3. The topological polar surface area (TPSA) is 70.1 Å². The van der Waals surface area contributed by atoms with Gasteiger partial charge in [0.15, 0.2) is 0 Å². The molecule has 1 aliphatic carbocycles. The highest BCUT2D eigenvalue weighted by atomic mass is 35.5. The molecule has 1 aliphatic rings. The number of aromatic amines is 1. The molecule has 19 heavy (non-hydrogen) atoms. The van der Waals surface area contributed by atoms with E-state index in [4.69, 9.17) is 11.6 Å². The lowest BCUT2D eigenvalue weighted by atomic mass is 9.72. The Kier molecular flexibility index (Phi) is 3.94. The Morgan fingerprint density at radius 3 is 3.00 bits per heavy atom. The van der Waals surface area contributed by atoms with Crippen molar-refractivity contribution in [3.05, 3.63) is 21.6 Å². The summed E-state index contributed by atoms with van der Waals surface area (Å²) >= 11 is 5.88. The van der Waals surface area contributed by atoms with Gasteiger partial charge in [-0.2, -0.15) is 10.2 Å². The fourth-order valence-corrected chi connectivity index (χ4v) is 2.93. The highest BCUT2D eigenvalue weighted by Crippen LogP contribution is 2.37. The van der Waals surface area contributed by atoms with Crippen LogP contribution in [0, 0.1) is 11.3 Å². The van der Waals surface area contributed by atoms with Crippen molar-refractivity contribution in [3.8, 4) is 0 Å². The van der Waals surface area contributed by atoms with E-state index in [0.29, 0.717) is 11.6 Å². The van der Waals surface area contributed by atoms with Crippen LogP contribution in [0.5, 0.6) is 0 Å². The van der Waals surface area contributed by atoms with E-state index in [1.807, 2.05) is 0 Å². The fraction of sp³-hybridized carbons (Fsp3) is 0.615. The van der Waals surface area contributed by atoms with Crippen LogP contribution in [0.1, 0.15) is 40.0 Å². The van der Waals surface area contributed by atoms with Crippen LogP contribution >= 0.6 is 11.6 Å². The summed E-state index contributed by atoms with van der Waals surface area (Å²) in [7, 11) is 0. The Balaban J connectivity index is 2.14. The third-order valence-corrected chi connectivity index (χ3v) is 3.67. The van der Waals surface area contributed by atoms with Crippen LogP contribution in [-0.4, -0.2) is 15.9 Å². The van der Waals surface area contributed by atoms with Gasteiger partial charge in [-0.3, -0.25) is 10.2 Å². The van der Waals surface area contributed by atoms with Crippen LogP contribution in [0.15, 0.2) is 16.1 Å². The largest absolute Gasteiger partial charge is 0.285 e. The van der Waals surface area contributed by atoms with Crippen molar-refractivity contribution in [3.63, 3.8) is 0 Å². The molecule has 6 heteroatoms. The van der Waals surface area contributed by atoms with Gasteiger partial charge in [-0.1, -0.05) is 32.4 Å². The van der Waals surface area contributed by atoms with Crippen LogP contribution in [0.2, 0.25) is 5.02 Å². The van der Waals surface area contributed by atoms with Crippen LogP contribution in [0.4, 0.5) is 5.69 Å². The number of anilines is 1. The Hall–Kier alpha value is -1.36. The quantitative estimate of drug-likeness (QED) is 0.819. The highest BCUT2D eigenvalue weighted by Gasteiger charge is 2.29. The van der Waals surface area contributed by atoms with Crippen molar-refractivity contribution in [2.45, 2.75) is 40.0 Å². The molecule has 0 amide bonds. The molecule has 2 rings (SSSR count). The first-order valence-corrected chi connectivity index (χ1v) is 6.80. The van der Waals surface area contributed by atoms with Crippen LogP contribution in [0.25, 0.3) is 0 Å². The fourth-order valence-electron chi connectivity index (χ4n) is 2.80. The molecule has 1 saturated carbocycles. The molecule has 0 unspecified atom stereocenters. The molecule has 0 radical (unpaired) electrons. The molecular formula is C13H19ClN4O. The van der Waals surface area contributed by atoms with Crippen LogP contribution in [0.3, 0.4) is 0 Å². The number of H-pyrrole nitrogens is 1. The van der Waals surface area contributed by atoms with Gasteiger partial charge in [0.1, 0.15) is 10.7 Å². The van der Waals surface area contributed by atoms with Gasteiger partial charge in [-0.25, -0.2) is 5.10 Å². The third kappa shape index (κ3) is 3.56. The SMILES string of the molecule is C[C@@H]1C/C(=N/Nc2cn[nH]c(=O)c2Cl)CC(C)(C)C1. The monoisotopic (exact) mass is 282 g/mol. The lowest BCUT2D eigenvalue weighted by Gasteiger charge is -2.34. The number of halogens is 1. The zero-order valence-electron chi connectivity index (χ0n) is 11.5. The number of nitrogens with zero attached hydrogens (tertiary/aromatic N) is 2. The molecule has 2 N–H and O–H groups in total. The lowest BCUT2D eigenvalue weighted by Crippen LogP contribution is -2.28. The van der Waals surface area contributed by atoms with Crippen molar-refractivity contribution in [1.29, 1.82) is 0 Å². The minimum Gasteiger partial charge on any atom is -0.275 e. The molecular weight excluding hydrogens is 264 g/mol. The molecule has 104 valence electrons. The second kappa shape index (κ2) is 5.33. The Bertz CT molecular complexity index is 550. The molecule has 0 saturated heterocycles. The van der Waals surface area contributed by atoms with E-state index in [1.165, 1.54) is 12.6 Å². The minimum atomic E-state index is -0.413. The second-order valence-corrected chi connectivity index (χ2v) is 6.45. The van der Waals surface area contributed by atoms with E-state index in [-0.39, 0.29) is 10.4 Å². The summed E-state index contributed by atoms with van der Waals surface area (Å²) in [6, 6.07) is 0. The van der Waals surface area contributed by atoms with Crippen molar-refractivity contribution in [2.75, 3.05) is 5.43 Å². The van der Waals surface area contributed by atoms with Crippen molar-refractivity contribution >= 4 is 23.0 Å². The van der Waals surface area contributed by atoms with Crippen LogP contribution in [-0.2, 0) is 0 Å². The molecule has 1 fully saturated rings. The average Bonchev–Trinajstić information content (AvgIpc) is 2.28. The number of hydrazone groups is 1. The van der Waals surface area contributed by atoms with Gasteiger partial charge in [-0.15, -0.1) is 0 Å². The second-order valence-electron chi connectivity index (χ2n) is 6.07. The molecule has 1 heterocycles. The van der Waals surface area contributed by atoms with Crippen molar-refractivity contribution in [1.82, 2.24) is 10.2 Å². The average molecular weight is 283 g/mol. The van der Waals surface area contributed by atoms with E-state index in [0.717, 1.165) is 18.6 Å². The van der Waals surface area contributed by atoms with Gasteiger partial charge >= 0.3 is 0 Å². The summed E-state index contributed by atoms with van der Waals surface area (Å²) in [5.41, 5.74) is 4.26. The maximum Gasteiger partial charge on any atom is 0.285 e. The number of aromatic nitrogens is 2. The van der Waals surface area contributed by atoms with Crippen LogP contribution < -0.4 is 11.0 Å². The third-order valence-electron chi connectivity index (χ3n) is 3.30. The zero-order valence-corrected chi connectivity index (χ0v) is 12.2.